The maximum Gasteiger partial charge on any atom is 0.258 e. The molecule has 0 saturated carbocycles. The average molecular weight is 451 g/mol. The van der Waals surface area contributed by atoms with E-state index in [0.29, 0.717) is 18.4 Å². The van der Waals surface area contributed by atoms with E-state index in [1.807, 2.05) is 0 Å². The van der Waals surface area contributed by atoms with E-state index in [9.17, 15) is 23.5 Å². The molecular weight excluding hydrogens is 430 g/mol. The van der Waals surface area contributed by atoms with Gasteiger partial charge in [0.1, 0.15) is 18.2 Å². The molecule has 0 radical (unpaired) electrons. The molecule has 31 heavy (non-hydrogen) atoms. The Morgan fingerprint density at radius 2 is 2.06 bits per heavy atom. The monoisotopic (exact) mass is 450 g/mol. The van der Waals surface area contributed by atoms with Crippen molar-refractivity contribution in [1.29, 1.82) is 0 Å². The van der Waals surface area contributed by atoms with Gasteiger partial charge in [-0.3, -0.25) is 19.5 Å². The van der Waals surface area contributed by atoms with Gasteiger partial charge < -0.3 is 10.0 Å². The van der Waals surface area contributed by atoms with Gasteiger partial charge in [-0.25, -0.2) is 8.78 Å². The number of para-hydroxylation sites is 1. The second kappa shape index (κ2) is 9.40. The quantitative estimate of drug-likeness (QED) is 0.317. The van der Waals surface area contributed by atoms with Gasteiger partial charge in [0.2, 0.25) is 6.41 Å². The summed E-state index contributed by atoms with van der Waals surface area (Å²) in [6.45, 7) is 1.64. The molecule has 1 aliphatic heterocycles. The van der Waals surface area contributed by atoms with E-state index in [1.54, 1.807) is 6.92 Å². The van der Waals surface area contributed by atoms with E-state index >= 15 is 0 Å². The lowest BCUT2D eigenvalue weighted by Crippen LogP contribution is -2.38. The summed E-state index contributed by atoms with van der Waals surface area (Å²) in [4.78, 5) is 26.5. The van der Waals surface area contributed by atoms with Crippen LogP contribution in [0.3, 0.4) is 0 Å². The van der Waals surface area contributed by atoms with E-state index in [0.717, 1.165) is 6.07 Å². The van der Waals surface area contributed by atoms with Crippen molar-refractivity contribution in [3.8, 4) is 0 Å². The number of halogens is 3. The summed E-state index contributed by atoms with van der Waals surface area (Å²) in [5.41, 5.74) is 0.707. The molecule has 3 rings (SSSR count). The second-order valence-electron chi connectivity index (χ2n) is 6.83. The third-order valence-electron chi connectivity index (χ3n) is 5.02. The summed E-state index contributed by atoms with van der Waals surface area (Å²) in [7, 11) is 1.47. The van der Waals surface area contributed by atoms with Gasteiger partial charge in [0.25, 0.3) is 5.91 Å². The maximum atomic E-state index is 14.9. The molecule has 0 saturated heterocycles. The van der Waals surface area contributed by atoms with Crippen LogP contribution in [0.25, 0.3) is 0 Å². The maximum absolute atomic E-state index is 14.9. The Kier molecular flexibility index (Phi) is 6.87. The van der Waals surface area contributed by atoms with E-state index in [1.165, 1.54) is 46.1 Å². The van der Waals surface area contributed by atoms with Crippen LogP contribution in [0.4, 0.5) is 20.2 Å². The number of nitrogens with zero attached hydrogens (tertiary/aromatic N) is 4. The molecule has 7 nitrogen and oxygen atoms in total. The van der Waals surface area contributed by atoms with Crippen molar-refractivity contribution >= 4 is 41.1 Å². The number of hydrogen-bond acceptors (Lipinski definition) is 5. The van der Waals surface area contributed by atoms with Crippen LogP contribution in [0.2, 0.25) is 5.02 Å². The fourth-order valence-electron chi connectivity index (χ4n) is 3.42. The molecule has 2 aromatic rings. The number of rotatable bonds is 6. The summed E-state index contributed by atoms with van der Waals surface area (Å²) >= 11 is 6.09. The number of anilines is 2. The lowest BCUT2D eigenvalue weighted by Gasteiger charge is -2.30. The first-order chi connectivity index (χ1) is 14.8. The summed E-state index contributed by atoms with van der Waals surface area (Å²) in [5.74, 6) is -1.87. The third-order valence-corrected chi connectivity index (χ3v) is 5.32. The van der Waals surface area contributed by atoms with Gasteiger partial charge in [0.15, 0.2) is 5.84 Å². The van der Waals surface area contributed by atoms with Crippen LogP contribution in [0.15, 0.2) is 35.4 Å². The van der Waals surface area contributed by atoms with Crippen molar-refractivity contribution in [3.63, 3.8) is 0 Å². The fourth-order valence-corrected chi connectivity index (χ4v) is 3.69. The number of amides is 2. The molecule has 2 amide bonds. The zero-order chi connectivity index (χ0) is 22.7. The van der Waals surface area contributed by atoms with Crippen molar-refractivity contribution < 1.29 is 23.5 Å². The highest BCUT2D eigenvalue weighted by Gasteiger charge is 2.30. The number of amidine groups is 1. The van der Waals surface area contributed by atoms with Gasteiger partial charge >= 0.3 is 0 Å². The minimum atomic E-state index is -0.730. The summed E-state index contributed by atoms with van der Waals surface area (Å²) in [5, 5.41) is 14.9. The largest absolute Gasteiger partial charge is 0.388 e. The minimum Gasteiger partial charge on any atom is -0.388 e. The molecule has 1 heterocycles. The highest BCUT2D eigenvalue weighted by molar-refractivity contribution is 6.34. The number of carbonyl (C=O) groups excluding carboxylic acids is 2. The van der Waals surface area contributed by atoms with E-state index in [4.69, 9.17) is 11.6 Å². The van der Waals surface area contributed by atoms with Crippen LogP contribution in [-0.2, 0) is 11.2 Å². The minimum absolute atomic E-state index is 0.0351. The lowest BCUT2D eigenvalue weighted by molar-refractivity contribution is -0.114. The molecule has 0 aromatic heterocycles. The Labute approximate surface area is 183 Å². The average Bonchev–Trinajstić information content (AvgIpc) is 2.75. The number of aliphatic hydroxyl groups excluding tert-OH is 1. The topological polar surface area (TPSA) is 76.5 Å². The van der Waals surface area contributed by atoms with Crippen molar-refractivity contribution in [2.45, 2.75) is 13.3 Å². The van der Waals surface area contributed by atoms with E-state index in [-0.39, 0.29) is 40.9 Å². The first-order valence-electron chi connectivity index (χ1n) is 9.54. The Morgan fingerprint density at radius 3 is 2.68 bits per heavy atom. The molecule has 0 fully saturated rings. The van der Waals surface area contributed by atoms with Gasteiger partial charge in [-0.1, -0.05) is 17.7 Å². The first-order valence-corrected chi connectivity index (χ1v) is 9.92. The fraction of sp³-hybridized carbons (Fsp3) is 0.286. The van der Waals surface area contributed by atoms with Gasteiger partial charge in [-0.15, -0.1) is 0 Å². The summed E-state index contributed by atoms with van der Waals surface area (Å²) < 4.78 is 29.2. The number of hydrogen-bond donors (Lipinski definition) is 1. The number of aliphatic hydroxyl groups is 1. The SMILES string of the molecule is CCN(C=O)/C(CO)=N\N(C)c1cc2c(cc1F)C(=O)N(c1c(F)cccc1Cl)CC2. The second-order valence-corrected chi connectivity index (χ2v) is 7.23. The molecule has 0 spiro atoms. The predicted octanol–water partition coefficient (Wildman–Crippen LogP) is 3.04. The van der Waals surface area contributed by atoms with Gasteiger partial charge in [0, 0.05) is 25.7 Å². The Hall–Kier alpha value is -3.04. The molecule has 1 aliphatic rings. The zero-order valence-corrected chi connectivity index (χ0v) is 17.7. The number of likely N-dealkylation sites (N-methyl/N-ethyl adjacent to an activating group) is 1. The molecule has 0 bridgehead atoms. The van der Waals surface area contributed by atoms with Gasteiger partial charge in [-0.05, 0) is 43.2 Å². The van der Waals surface area contributed by atoms with Crippen LogP contribution < -0.4 is 9.91 Å². The Balaban J connectivity index is 1.96. The first kappa shape index (κ1) is 22.6. The Morgan fingerprint density at radius 1 is 1.32 bits per heavy atom. The summed E-state index contributed by atoms with van der Waals surface area (Å²) in [6.07, 6.45) is 0.867. The molecule has 0 unspecified atom stereocenters. The highest BCUT2D eigenvalue weighted by Crippen LogP contribution is 2.34. The van der Waals surface area contributed by atoms with Gasteiger partial charge in [0.05, 0.1) is 16.4 Å². The standard InChI is InChI=1S/C21H21ClF2N4O3/c1-3-27(12-30)19(11-29)25-26(2)18-9-13-7-8-28(21(31)14(13)10-17(18)24)20-15(22)5-4-6-16(20)23/h4-6,9-10,12,29H,3,7-8,11H2,1-2H3/b25-19-. The third kappa shape index (κ3) is 4.38. The van der Waals surface area contributed by atoms with Crippen molar-refractivity contribution in [2.75, 3.05) is 36.7 Å². The predicted molar refractivity (Wildman–Crippen MR) is 115 cm³/mol. The molecule has 0 atom stereocenters. The Bertz CT molecular complexity index is 1030. The van der Waals surface area contributed by atoms with Gasteiger partial charge in [-0.2, -0.15) is 5.10 Å². The van der Waals surface area contributed by atoms with Crippen LogP contribution in [0.5, 0.6) is 0 Å². The molecule has 164 valence electrons. The zero-order valence-electron chi connectivity index (χ0n) is 17.0. The van der Waals surface area contributed by atoms with Crippen LogP contribution in [-0.4, -0.2) is 54.9 Å². The van der Waals surface area contributed by atoms with Crippen molar-refractivity contribution in [3.05, 3.63) is 58.1 Å². The van der Waals surface area contributed by atoms with E-state index < -0.39 is 24.1 Å². The van der Waals surface area contributed by atoms with Crippen LogP contribution >= 0.6 is 11.6 Å². The van der Waals surface area contributed by atoms with Crippen molar-refractivity contribution in [2.24, 2.45) is 5.10 Å². The number of carbonyl (C=O) groups is 2. The highest BCUT2D eigenvalue weighted by atomic mass is 35.5. The smallest absolute Gasteiger partial charge is 0.258 e. The number of benzene rings is 2. The molecular formula is C21H21ClF2N4O3. The molecule has 2 aromatic carbocycles. The van der Waals surface area contributed by atoms with E-state index in [2.05, 4.69) is 5.10 Å². The number of hydrazone groups is 1. The molecule has 1 N–H and O–H groups in total. The summed E-state index contributed by atoms with van der Waals surface area (Å²) in [6, 6.07) is 6.70. The molecule has 0 aliphatic carbocycles. The number of fused-ring (bicyclic) bond motifs is 1. The lowest BCUT2D eigenvalue weighted by atomic mass is 9.97. The van der Waals surface area contributed by atoms with Crippen LogP contribution in [0, 0.1) is 11.6 Å². The van der Waals surface area contributed by atoms with Crippen molar-refractivity contribution in [1.82, 2.24) is 4.90 Å². The molecule has 10 heteroatoms. The normalized spacial score (nSPS) is 13.8. The van der Waals surface area contributed by atoms with Crippen LogP contribution in [0.1, 0.15) is 22.8 Å².